The lowest BCUT2D eigenvalue weighted by Crippen LogP contribution is -2.57. The summed E-state index contributed by atoms with van der Waals surface area (Å²) in [5.74, 6) is 2.38. The average molecular weight is 700 g/mol. The maximum Gasteiger partial charge on any atom is 0.434 e. The van der Waals surface area contributed by atoms with Crippen molar-refractivity contribution in [2.24, 2.45) is 34.5 Å². The molecule has 5 aliphatic carbocycles. The summed E-state index contributed by atoms with van der Waals surface area (Å²) in [4.78, 5) is 26.4. The van der Waals surface area contributed by atoms with Crippen molar-refractivity contribution in [1.82, 2.24) is 9.78 Å². The van der Waals surface area contributed by atoms with E-state index in [4.69, 9.17) is 9.47 Å². The Kier molecular flexibility index (Phi) is 7.74. The molecule has 3 aromatic rings. The molecule has 4 unspecified atom stereocenters. The SMILES string of the molecule is C[C@]12Cc3cnn(C(=O)OCC4c5ccccc5-c5ccccc54)c3CC1CCC1C2CC[C@@]2(C)C1CC[C@]2(C)OC(=O)CCCBr. The van der Waals surface area contributed by atoms with Gasteiger partial charge in [-0.25, -0.2) is 4.79 Å². The molecule has 248 valence electrons. The van der Waals surface area contributed by atoms with Gasteiger partial charge in [0.15, 0.2) is 0 Å². The number of halogens is 1. The predicted octanol–water partition coefficient (Wildman–Crippen LogP) is 9.11. The van der Waals surface area contributed by atoms with Gasteiger partial charge >= 0.3 is 12.1 Å². The molecule has 1 aromatic heterocycles. The molecule has 0 saturated heterocycles. The highest BCUT2D eigenvalue weighted by Gasteiger charge is 2.65. The highest BCUT2D eigenvalue weighted by molar-refractivity contribution is 9.09. The number of hydrogen-bond acceptors (Lipinski definition) is 5. The van der Waals surface area contributed by atoms with Crippen LogP contribution in [0, 0.1) is 34.5 Å². The Bertz CT molecular complexity index is 1670. The molecule has 7 atom stereocenters. The molecule has 3 saturated carbocycles. The molecule has 8 rings (SSSR count). The first-order valence-corrected chi connectivity index (χ1v) is 19.0. The van der Waals surface area contributed by atoms with Gasteiger partial charge in [-0.15, -0.1) is 0 Å². The molecule has 7 heteroatoms. The monoisotopic (exact) mass is 698 g/mol. The number of hydrogen-bond donors (Lipinski definition) is 0. The van der Waals surface area contributed by atoms with Crippen LogP contribution in [0.4, 0.5) is 4.79 Å². The molecule has 47 heavy (non-hydrogen) atoms. The first-order valence-electron chi connectivity index (χ1n) is 17.9. The van der Waals surface area contributed by atoms with Gasteiger partial charge in [-0.1, -0.05) is 78.3 Å². The van der Waals surface area contributed by atoms with E-state index in [0.29, 0.717) is 36.7 Å². The van der Waals surface area contributed by atoms with Crippen molar-refractivity contribution >= 4 is 28.0 Å². The zero-order valence-electron chi connectivity index (χ0n) is 28.0. The maximum atomic E-state index is 13.6. The van der Waals surface area contributed by atoms with Crippen LogP contribution in [0.5, 0.6) is 0 Å². The topological polar surface area (TPSA) is 70.4 Å². The van der Waals surface area contributed by atoms with E-state index in [-0.39, 0.29) is 34.4 Å². The number of carbonyl (C=O) groups is 2. The summed E-state index contributed by atoms with van der Waals surface area (Å²) in [6.45, 7) is 7.47. The first kappa shape index (κ1) is 31.3. The summed E-state index contributed by atoms with van der Waals surface area (Å²) in [5.41, 5.74) is 6.97. The van der Waals surface area contributed by atoms with E-state index in [1.807, 2.05) is 6.20 Å². The first-order chi connectivity index (χ1) is 22.7. The van der Waals surface area contributed by atoms with Gasteiger partial charge in [0.05, 0.1) is 11.9 Å². The lowest BCUT2D eigenvalue weighted by Gasteiger charge is -2.61. The average Bonchev–Trinajstić information content (AvgIpc) is 3.70. The molecular formula is C40H47BrN2O4. The number of rotatable bonds is 6. The molecule has 5 aliphatic rings. The standard InChI is InChI=1S/C40H47BrN2O4/c1-38-22-25-23-42-43(37(45)46-24-32-29-11-6-4-9-27(29)28-10-5-7-12-30(28)32)35(25)21-26(38)14-15-31-33(38)16-18-39(2)34(31)17-19-40(39,3)47-36(44)13-8-20-41/h4-7,9-12,23,26,31-34H,8,13-22,24H2,1-3H3/t26?,31?,33?,34?,38-,39-,40-/m0/s1. The molecule has 0 aliphatic heterocycles. The third-order valence-electron chi connectivity index (χ3n) is 13.9. The molecule has 2 aromatic carbocycles. The van der Waals surface area contributed by atoms with Crippen molar-refractivity contribution in [3.8, 4) is 11.1 Å². The molecule has 0 bridgehead atoms. The zero-order valence-corrected chi connectivity index (χ0v) is 29.6. The van der Waals surface area contributed by atoms with Gasteiger partial charge < -0.3 is 9.47 Å². The highest BCUT2D eigenvalue weighted by atomic mass is 79.9. The van der Waals surface area contributed by atoms with Gasteiger partial charge in [-0.2, -0.15) is 9.78 Å². The molecule has 3 fully saturated rings. The van der Waals surface area contributed by atoms with E-state index >= 15 is 0 Å². The van der Waals surface area contributed by atoms with Gasteiger partial charge in [0.25, 0.3) is 0 Å². The number of nitrogens with zero attached hydrogens (tertiary/aromatic N) is 2. The van der Waals surface area contributed by atoms with Crippen molar-refractivity contribution in [1.29, 1.82) is 0 Å². The Labute approximate surface area is 287 Å². The van der Waals surface area contributed by atoms with E-state index in [2.05, 4.69) is 90.3 Å². The Morgan fingerprint density at radius 1 is 0.936 bits per heavy atom. The second-order valence-electron chi connectivity index (χ2n) is 15.9. The Hall–Kier alpha value is -2.93. The Morgan fingerprint density at radius 3 is 2.36 bits per heavy atom. The summed E-state index contributed by atoms with van der Waals surface area (Å²) in [6, 6.07) is 16.9. The normalized spacial score (nSPS) is 33.5. The lowest BCUT2D eigenvalue weighted by atomic mass is 9.44. The summed E-state index contributed by atoms with van der Waals surface area (Å²) in [7, 11) is 0. The van der Waals surface area contributed by atoms with Crippen molar-refractivity contribution < 1.29 is 19.1 Å². The number of esters is 1. The number of fused-ring (bicyclic) bond motifs is 9. The quantitative estimate of drug-likeness (QED) is 0.190. The third-order valence-corrected chi connectivity index (χ3v) is 14.5. The third kappa shape index (κ3) is 4.80. The van der Waals surface area contributed by atoms with Gasteiger partial charge in [0, 0.05) is 23.1 Å². The summed E-state index contributed by atoms with van der Waals surface area (Å²) >= 11 is 3.45. The second kappa shape index (κ2) is 11.6. The van der Waals surface area contributed by atoms with E-state index < -0.39 is 0 Å². The molecule has 1 heterocycles. The van der Waals surface area contributed by atoms with Gasteiger partial charge in [-0.05, 0) is 122 Å². The number of ether oxygens (including phenoxy) is 2. The van der Waals surface area contributed by atoms with Crippen LogP contribution in [0.15, 0.2) is 54.7 Å². The van der Waals surface area contributed by atoms with Crippen LogP contribution in [0.2, 0.25) is 0 Å². The van der Waals surface area contributed by atoms with Crippen LogP contribution < -0.4 is 0 Å². The fourth-order valence-corrected chi connectivity index (χ4v) is 11.6. The molecule has 0 radical (unpaired) electrons. The molecule has 6 nitrogen and oxygen atoms in total. The number of alkyl halides is 1. The van der Waals surface area contributed by atoms with Crippen molar-refractivity contribution in [2.45, 2.75) is 96.5 Å². The van der Waals surface area contributed by atoms with Crippen LogP contribution in [-0.4, -0.2) is 39.4 Å². The number of carbonyl (C=O) groups excluding carboxylic acids is 2. The molecule has 0 spiro atoms. The lowest BCUT2D eigenvalue weighted by molar-refractivity contribution is -0.184. The zero-order chi connectivity index (χ0) is 32.6. The van der Waals surface area contributed by atoms with E-state index in [9.17, 15) is 9.59 Å². The molecule has 0 N–H and O–H groups in total. The maximum absolute atomic E-state index is 13.6. The second-order valence-corrected chi connectivity index (χ2v) is 16.7. The van der Waals surface area contributed by atoms with E-state index in [1.54, 1.807) is 4.68 Å². The van der Waals surface area contributed by atoms with Crippen molar-refractivity contribution in [2.75, 3.05) is 11.9 Å². The van der Waals surface area contributed by atoms with Crippen LogP contribution in [0.3, 0.4) is 0 Å². The fraction of sp³-hybridized carbons (Fsp3) is 0.575. The van der Waals surface area contributed by atoms with Crippen molar-refractivity contribution in [3.63, 3.8) is 0 Å². The summed E-state index contributed by atoms with van der Waals surface area (Å²) < 4.78 is 13.9. The number of benzene rings is 2. The predicted molar refractivity (Wildman–Crippen MR) is 186 cm³/mol. The van der Waals surface area contributed by atoms with Gasteiger partial charge in [0.2, 0.25) is 0 Å². The molecular weight excluding hydrogens is 652 g/mol. The summed E-state index contributed by atoms with van der Waals surface area (Å²) in [6.07, 6.45) is 11.5. The molecule has 0 amide bonds. The van der Waals surface area contributed by atoms with Crippen LogP contribution >= 0.6 is 15.9 Å². The van der Waals surface area contributed by atoms with Crippen molar-refractivity contribution in [3.05, 3.63) is 77.1 Å². The van der Waals surface area contributed by atoms with E-state index in [1.165, 1.54) is 47.1 Å². The fourth-order valence-electron chi connectivity index (χ4n) is 11.3. The minimum Gasteiger partial charge on any atom is -0.459 e. The smallest absolute Gasteiger partial charge is 0.434 e. The number of aromatic nitrogens is 2. The van der Waals surface area contributed by atoms with E-state index in [0.717, 1.165) is 49.5 Å². The van der Waals surface area contributed by atoms with Gasteiger partial charge in [-0.3, -0.25) is 4.79 Å². The van der Waals surface area contributed by atoms with Gasteiger partial charge in [0.1, 0.15) is 12.2 Å². The minimum absolute atomic E-state index is 0.0240. The van der Waals surface area contributed by atoms with Crippen LogP contribution in [0.1, 0.15) is 100 Å². The highest BCUT2D eigenvalue weighted by Crippen LogP contribution is 2.68. The van der Waals surface area contributed by atoms with Crippen LogP contribution in [0.25, 0.3) is 11.1 Å². The summed E-state index contributed by atoms with van der Waals surface area (Å²) in [5, 5.41) is 5.48. The largest absolute Gasteiger partial charge is 0.459 e. The van der Waals surface area contributed by atoms with Crippen LogP contribution in [-0.2, 0) is 27.1 Å². The Balaban J connectivity index is 0.979. The minimum atomic E-state index is -0.381. The Morgan fingerprint density at radius 2 is 1.64 bits per heavy atom.